The number of aliphatic hydroxyl groups is 1. The van der Waals surface area contributed by atoms with Crippen LogP contribution in [0.4, 0.5) is 28.4 Å². The van der Waals surface area contributed by atoms with Crippen LogP contribution in [0.25, 0.3) is 0 Å². The maximum atomic E-state index is 12.3. The number of para-hydroxylation sites is 1. The predicted octanol–water partition coefficient (Wildman–Crippen LogP) is 7.50. The first-order chi connectivity index (χ1) is 17.9. The molecule has 0 aromatic heterocycles. The van der Waals surface area contributed by atoms with Crippen molar-refractivity contribution >= 4 is 28.4 Å². The van der Waals surface area contributed by atoms with Crippen LogP contribution in [0.15, 0.2) is 121 Å². The summed E-state index contributed by atoms with van der Waals surface area (Å²) in [5.74, 6) is 0.217. The largest absolute Gasteiger partial charge is 0.508 e. The second-order valence-electron chi connectivity index (χ2n) is 9.10. The van der Waals surface area contributed by atoms with Crippen LogP contribution in [-0.2, 0) is 26.7 Å². The Labute approximate surface area is 244 Å². The summed E-state index contributed by atoms with van der Waals surface area (Å²) < 4.78 is 0. The van der Waals surface area contributed by atoms with Gasteiger partial charge in [-0.2, -0.15) is 0 Å². The Morgan fingerprint density at radius 3 is 1.46 bits per heavy atom. The molecule has 0 saturated heterocycles. The van der Waals surface area contributed by atoms with Gasteiger partial charge in [0.1, 0.15) is 11.4 Å². The minimum absolute atomic E-state index is 0. The van der Waals surface area contributed by atoms with Gasteiger partial charge in [0, 0.05) is 49.5 Å². The summed E-state index contributed by atoms with van der Waals surface area (Å²) in [6.45, 7) is 1.94. The maximum absolute atomic E-state index is 12.3. The van der Waals surface area contributed by atoms with Gasteiger partial charge in [-0.25, -0.2) is 0 Å². The molecule has 5 rings (SSSR count). The SMILES string of the molecule is Cc1cc(C(O)(c2ccc(Nc3ccccc3)cc2)c2ccc(Nc3ccc(O)cc3)cc2)ccc1N.[CH3-].[W]. The second kappa shape index (κ2) is 12.7. The summed E-state index contributed by atoms with van der Waals surface area (Å²) in [4.78, 5) is 0. The van der Waals surface area contributed by atoms with Crippen LogP contribution in [0.2, 0.25) is 0 Å². The Kier molecular flexibility index (Phi) is 9.58. The van der Waals surface area contributed by atoms with Crippen molar-refractivity contribution in [3.8, 4) is 5.75 Å². The fraction of sp³-hybridized carbons (Fsp3) is 0.0606. The molecule has 0 aliphatic rings. The first-order valence-corrected chi connectivity index (χ1v) is 12.1. The van der Waals surface area contributed by atoms with Gasteiger partial charge in [-0.15, -0.1) is 0 Å². The van der Waals surface area contributed by atoms with Gasteiger partial charge in [0.05, 0.1) is 0 Å². The number of phenols is 1. The molecule has 0 radical (unpaired) electrons. The van der Waals surface area contributed by atoms with E-state index in [2.05, 4.69) is 10.6 Å². The van der Waals surface area contributed by atoms with Crippen LogP contribution in [0.3, 0.4) is 0 Å². The number of aromatic hydroxyl groups is 1. The average Bonchev–Trinajstić information content (AvgIpc) is 2.92. The van der Waals surface area contributed by atoms with Gasteiger partial charge in [-0.1, -0.05) is 54.6 Å². The Morgan fingerprint density at radius 1 is 0.590 bits per heavy atom. The molecule has 0 aliphatic carbocycles. The Bertz CT molecular complexity index is 1490. The Hall–Kier alpha value is -4.05. The number of benzene rings is 5. The number of hydrogen-bond acceptors (Lipinski definition) is 5. The van der Waals surface area contributed by atoms with E-state index in [1.165, 1.54) is 0 Å². The summed E-state index contributed by atoms with van der Waals surface area (Å²) in [6, 6.07) is 38.0. The fourth-order valence-electron chi connectivity index (χ4n) is 4.39. The second-order valence-corrected chi connectivity index (χ2v) is 9.10. The molecule has 39 heavy (non-hydrogen) atoms. The standard InChI is InChI=1S/C32H29N3O2.CH3.W/c1-22-21-25(11-20-31(22)33)32(37,23-7-12-27(13-8-23)34-26-5-3-2-4-6-26)24-9-14-28(15-10-24)35-29-16-18-30(36)19-17-29;;/h2-21,34-37H,33H2,1H3;1H3;/q;-1;. The first-order valence-electron chi connectivity index (χ1n) is 12.1. The van der Waals surface area contributed by atoms with Crippen molar-refractivity contribution in [2.45, 2.75) is 12.5 Å². The third-order valence-electron chi connectivity index (χ3n) is 6.51. The summed E-state index contributed by atoms with van der Waals surface area (Å²) in [5, 5.41) is 28.6. The number of nitrogen functional groups attached to an aromatic ring is 1. The molecule has 0 aliphatic heterocycles. The molecule has 1 atom stereocenters. The van der Waals surface area contributed by atoms with Crippen molar-refractivity contribution < 1.29 is 31.3 Å². The van der Waals surface area contributed by atoms with Gasteiger partial charge >= 0.3 is 0 Å². The Morgan fingerprint density at radius 2 is 1.00 bits per heavy atom. The molecule has 5 aromatic rings. The molecular formula is C33H32N3O2W-. The quantitative estimate of drug-likeness (QED) is 0.0530. The van der Waals surface area contributed by atoms with Crippen LogP contribution in [0.5, 0.6) is 5.75 Å². The summed E-state index contributed by atoms with van der Waals surface area (Å²) >= 11 is 0. The number of nitrogens with two attached hydrogens (primary N) is 1. The van der Waals surface area contributed by atoms with Crippen molar-refractivity contribution in [2.24, 2.45) is 0 Å². The molecule has 198 valence electrons. The van der Waals surface area contributed by atoms with Gasteiger partial charge in [0.2, 0.25) is 0 Å². The number of aryl methyl sites for hydroxylation is 1. The van der Waals surface area contributed by atoms with E-state index in [1.54, 1.807) is 12.1 Å². The molecule has 6 heteroatoms. The zero-order valence-corrected chi connectivity index (χ0v) is 24.9. The smallest absolute Gasteiger partial charge is 0.140 e. The fourth-order valence-corrected chi connectivity index (χ4v) is 4.39. The van der Waals surface area contributed by atoms with Crippen molar-refractivity contribution in [1.29, 1.82) is 0 Å². The van der Waals surface area contributed by atoms with E-state index in [0.29, 0.717) is 5.69 Å². The molecule has 0 spiro atoms. The average molecular weight is 686 g/mol. The number of hydrogen-bond donors (Lipinski definition) is 5. The number of nitrogens with one attached hydrogen (secondary N) is 2. The van der Waals surface area contributed by atoms with Crippen LogP contribution < -0.4 is 16.4 Å². The number of anilines is 5. The van der Waals surface area contributed by atoms with Crippen LogP contribution in [0, 0.1) is 14.4 Å². The minimum Gasteiger partial charge on any atom is -0.508 e. The summed E-state index contributed by atoms with van der Waals surface area (Å²) in [7, 11) is 0. The number of rotatable bonds is 7. The van der Waals surface area contributed by atoms with E-state index in [9.17, 15) is 10.2 Å². The third kappa shape index (κ3) is 6.51. The van der Waals surface area contributed by atoms with Gasteiger partial charge in [0.25, 0.3) is 0 Å². The molecule has 0 saturated carbocycles. The van der Waals surface area contributed by atoms with E-state index in [1.807, 2.05) is 116 Å². The van der Waals surface area contributed by atoms with Gasteiger partial charge in [-0.05, 0) is 95.9 Å². The minimum atomic E-state index is -1.39. The van der Waals surface area contributed by atoms with Gasteiger partial charge in [0.15, 0.2) is 0 Å². The Balaban J connectivity index is 0.00000210. The zero-order chi connectivity index (χ0) is 25.8. The molecule has 0 fully saturated rings. The topological polar surface area (TPSA) is 90.5 Å². The molecule has 0 heterocycles. The molecule has 5 nitrogen and oxygen atoms in total. The predicted molar refractivity (Wildman–Crippen MR) is 158 cm³/mol. The molecule has 0 amide bonds. The molecule has 0 bridgehead atoms. The molecule has 5 aromatic carbocycles. The van der Waals surface area contributed by atoms with E-state index in [4.69, 9.17) is 5.73 Å². The van der Waals surface area contributed by atoms with Gasteiger partial charge in [-0.3, -0.25) is 0 Å². The van der Waals surface area contributed by atoms with Crippen molar-refractivity contribution in [2.75, 3.05) is 16.4 Å². The first kappa shape index (κ1) is 29.5. The van der Waals surface area contributed by atoms with E-state index >= 15 is 0 Å². The summed E-state index contributed by atoms with van der Waals surface area (Å²) in [6.07, 6.45) is 0. The molecule has 6 N–H and O–H groups in total. The van der Waals surface area contributed by atoms with Crippen molar-refractivity contribution in [1.82, 2.24) is 0 Å². The van der Waals surface area contributed by atoms with E-state index < -0.39 is 5.60 Å². The maximum Gasteiger partial charge on any atom is 0.140 e. The van der Waals surface area contributed by atoms with Gasteiger partial charge < -0.3 is 34.0 Å². The monoisotopic (exact) mass is 686 g/mol. The zero-order valence-electron chi connectivity index (χ0n) is 21.9. The number of phenolic OH excluding ortho intramolecular Hbond substituents is 1. The summed E-state index contributed by atoms with van der Waals surface area (Å²) in [5.41, 5.74) is 12.2. The normalized spacial score (nSPS) is 11.8. The van der Waals surface area contributed by atoms with Crippen molar-refractivity contribution in [3.63, 3.8) is 0 Å². The molecular weight excluding hydrogens is 654 g/mol. The van der Waals surface area contributed by atoms with Crippen molar-refractivity contribution in [3.05, 3.63) is 151 Å². The third-order valence-corrected chi connectivity index (χ3v) is 6.51. The van der Waals surface area contributed by atoms with E-state index in [0.717, 1.165) is 45.0 Å². The molecule has 1 unspecified atom stereocenters. The van der Waals surface area contributed by atoms with Crippen LogP contribution in [0.1, 0.15) is 22.3 Å². The van der Waals surface area contributed by atoms with E-state index in [-0.39, 0.29) is 34.2 Å². The van der Waals surface area contributed by atoms with Crippen LogP contribution in [-0.4, -0.2) is 10.2 Å². The van der Waals surface area contributed by atoms with Crippen LogP contribution >= 0.6 is 0 Å².